The Kier molecular flexibility index (Phi) is 7.23. The Hall–Kier alpha value is -2.71. The van der Waals surface area contributed by atoms with Crippen molar-refractivity contribution >= 4 is 35.0 Å². The molecule has 0 aliphatic carbocycles. The maximum absolute atomic E-state index is 12.3. The first-order valence-corrected chi connectivity index (χ1v) is 10.6. The molecule has 9 heteroatoms. The van der Waals surface area contributed by atoms with Gasteiger partial charge in [-0.15, -0.1) is 10.2 Å². The highest BCUT2D eigenvalue weighted by Gasteiger charge is 2.19. The number of rotatable bonds is 8. The summed E-state index contributed by atoms with van der Waals surface area (Å²) in [7, 11) is 3.40. The van der Waals surface area contributed by atoms with Crippen molar-refractivity contribution in [2.45, 2.75) is 25.1 Å². The molecule has 30 heavy (non-hydrogen) atoms. The van der Waals surface area contributed by atoms with Crippen LogP contribution in [0.1, 0.15) is 24.4 Å². The monoisotopic (exact) mass is 446 g/mol. The molecule has 1 atom stereocenters. The Balaban J connectivity index is 1.62. The highest BCUT2D eigenvalue weighted by atomic mass is 35.5. The van der Waals surface area contributed by atoms with Gasteiger partial charge in [-0.1, -0.05) is 41.6 Å². The molecule has 3 rings (SSSR count). The van der Waals surface area contributed by atoms with E-state index in [1.54, 1.807) is 25.3 Å². The van der Waals surface area contributed by atoms with Crippen molar-refractivity contribution in [3.05, 3.63) is 58.9 Å². The number of nitrogens with one attached hydrogen (secondary N) is 1. The molecule has 1 amide bonds. The van der Waals surface area contributed by atoms with E-state index in [0.717, 1.165) is 5.56 Å². The van der Waals surface area contributed by atoms with Crippen molar-refractivity contribution in [2.75, 3.05) is 18.2 Å². The number of aromatic nitrogens is 3. The van der Waals surface area contributed by atoms with E-state index in [0.29, 0.717) is 33.2 Å². The van der Waals surface area contributed by atoms with E-state index in [2.05, 4.69) is 15.5 Å². The van der Waals surface area contributed by atoms with Crippen LogP contribution in [0.4, 0.5) is 5.69 Å². The quantitative estimate of drug-likeness (QED) is 0.507. The lowest BCUT2D eigenvalue weighted by Crippen LogP contribution is -2.15. The summed E-state index contributed by atoms with van der Waals surface area (Å²) in [5.41, 5.74) is 1.68. The molecule has 158 valence electrons. The molecular weight excluding hydrogens is 424 g/mol. The van der Waals surface area contributed by atoms with Crippen LogP contribution in [0.5, 0.6) is 11.5 Å². The number of amides is 1. The number of hydrogen-bond donors (Lipinski definition) is 1. The van der Waals surface area contributed by atoms with Gasteiger partial charge in [-0.3, -0.25) is 4.79 Å². The van der Waals surface area contributed by atoms with Gasteiger partial charge >= 0.3 is 0 Å². The van der Waals surface area contributed by atoms with E-state index in [4.69, 9.17) is 21.1 Å². The number of hydrogen-bond acceptors (Lipinski definition) is 6. The van der Waals surface area contributed by atoms with Gasteiger partial charge in [0.15, 0.2) is 17.1 Å². The molecule has 7 nitrogen and oxygen atoms in total. The third-order valence-electron chi connectivity index (χ3n) is 4.34. The first-order valence-electron chi connectivity index (χ1n) is 9.26. The Morgan fingerprint density at radius 2 is 2.00 bits per heavy atom. The van der Waals surface area contributed by atoms with Gasteiger partial charge < -0.3 is 19.4 Å². The zero-order valence-corrected chi connectivity index (χ0v) is 18.8. The zero-order valence-electron chi connectivity index (χ0n) is 17.2. The number of thioether (sulfide) groups is 1. The van der Waals surface area contributed by atoms with Crippen LogP contribution in [-0.4, -0.2) is 33.5 Å². The molecule has 1 aromatic heterocycles. The second kappa shape index (κ2) is 9.86. The Labute approximate surface area is 184 Å². The molecule has 0 aliphatic heterocycles. The molecule has 0 bridgehead atoms. The largest absolute Gasteiger partial charge is 0.495 e. The van der Waals surface area contributed by atoms with E-state index >= 15 is 0 Å². The standard InChI is InChI=1S/C21H23ClN4O3S/c1-13-9-10-15(22)18(11-13)29-14(2)20-24-25-21(26(20)3)30-12-19(27)23-16-7-5-6-8-17(16)28-4/h5-11,14H,12H2,1-4H3,(H,23,27). The summed E-state index contributed by atoms with van der Waals surface area (Å²) in [5, 5.41) is 12.4. The van der Waals surface area contributed by atoms with Crippen molar-refractivity contribution in [3.63, 3.8) is 0 Å². The summed E-state index contributed by atoms with van der Waals surface area (Å²) in [6.45, 7) is 3.85. The van der Waals surface area contributed by atoms with E-state index in [9.17, 15) is 4.79 Å². The smallest absolute Gasteiger partial charge is 0.234 e. The summed E-state index contributed by atoms with van der Waals surface area (Å²) in [6, 6.07) is 12.9. The van der Waals surface area contributed by atoms with Gasteiger partial charge in [0.05, 0.1) is 23.6 Å². The van der Waals surface area contributed by atoms with Crippen molar-refractivity contribution in [2.24, 2.45) is 7.05 Å². The van der Waals surface area contributed by atoms with Crippen LogP contribution in [0.2, 0.25) is 5.02 Å². The molecule has 0 spiro atoms. The maximum Gasteiger partial charge on any atom is 0.234 e. The fourth-order valence-electron chi connectivity index (χ4n) is 2.81. The summed E-state index contributed by atoms with van der Waals surface area (Å²) >= 11 is 7.51. The van der Waals surface area contributed by atoms with Gasteiger partial charge in [0.25, 0.3) is 0 Å². The second-order valence-electron chi connectivity index (χ2n) is 6.63. The van der Waals surface area contributed by atoms with Crippen molar-refractivity contribution in [1.82, 2.24) is 14.8 Å². The number of nitrogens with zero attached hydrogens (tertiary/aromatic N) is 3. The van der Waals surface area contributed by atoms with Crippen molar-refractivity contribution in [1.29, 1.82) is 0 Å². The Morgan fingerprint density at radius 3 is 2.77 bits per heavy atom. The van der Waals surface area contributed by atoms with Crippen LogP contribution >= 0.6 is 23.4 Å². The van der Waals surface area contributed by atoms with E-state index < -0.39 is 0 Å². The van der Waals surface area contributed by atoms with Crippen LogP contribution in [0.25, 0.3) is 0 Å². The summed E-state index contributed by atoms with van der Waals surface area (Å²) in [6.07, 6.45) is -0.362. The van der Waals surface area contributed by atoms with Gasteiger partial charge in [-0.05, 0) is 43.7 Å². The molecule has 2 aromatic carbocycles. The summed E-state index contributed by atoms with van der Waals surface area (Å²) in [5.74, 6) is 1.86. The number of benzene rings is 2. The van der Waals surface area contributed by atoms with E-state index in [1.165, 1.54) is 11.8 Å². The Morgan fingerprint density at radius 1 is 1.23 bits per heavy atom. The molecule has 1 unspecified atom stereocenters. The van der Waals surface area contributed by atoms with Gasteiger partial charge in [-0.2, -0.15) is 0 Å². The van der Waals surface area contributed by atoms with Crippen LogP contribution in [0.15, 0.2) is 47.6 Å². The second-order valence-corrected chi connectivity index (χ2v) is 7.98. The topological polar surface area (TPSA) is 78.3 Å². The van der Waals surface area contributed by atoms with Gasteiger partial charge in [0.2, 0.25) is 5.91 Å². The number of halogens is 1. The van der Waals surface area contributed by atoms with Crippen LogP contribution in [-0.2, 0) is 11.8 Å². The number of para-hydroxylation sites is 2. The lowest BCUT2D eigenvalue weighted by Gasteiger charge is -2.15. The van der Waals surface area contributed by atoms with Gasteiger partial charge in [0.1, 0.15) is 11.5 Å². The van der Waals surface area contributed by atoms with Crippen molar-refractivity contribution < 1.29 is 14.3 Å². The number of carbonyl (C=O) groups is 1. The van der Waals surface area contributed by atoms with Gasteiger partial charge in [-0.25, -0.2) is 0 Å². The highest BCUT2D eigenvalue weighted by molar-refractivity contribution is 7.99. The number of carbonyl (C=O) groups excluding carboxylic acids is 1. The number of aryl methyl sites for hydroxylation is 1. The SMILES string of the molecule is COc1ccccc1NC(=O)CSc1nnc(C(C)Oc2cc(C)ccc2Cl)n1C. The minimum absolute atomic E-state index is 0.162. The molecule has 1 N–H and O–H groups in total. The minimum Gasteiger partial charge on any atom is -0.495 e. The molecule has 0 radical (unpaired) electrons. The lowest BCUT2D eigenvalue weighted by atomic mass is 10.2. The average molecular weight is 447 g/mol. The average Bonchev–Trinajstić information content (AvgIpc) is 3.10. The van der Waals surface area contributed by atoms with E-state index in [1.807, 2.05) is 49.7 Å². The van der Waals surface area contributed by atoms with Crippen LogP contribution < -0.4 is 14.8 Å². The highest BCUT2D eigenvalue weighted by Crippen LogP contribution is 2.30. The third kappa shape index (κ3) is 5.25. The van der Waals surface area contributed by atoms with E-state index in [-0.39, 0.29) is 17.8 Å². The summed E-state index contributed by atoms with van der Waals surface area (Å²) < 4.78 is 13.0. The molecule has 0 saturated carbocycles. The van der Waals surface area contributed by atoms with Crippen molar-refractivity contribution in [3.8, 4) is 11.5 Å². The number of ether oxygens (including phenoxy) is 2. The molecular formula is C21H23ClN4O3S. The fourth-order valence-corrected chi connectivity index (χ4v) is 3.69. The first kappa shape index (κ1) is 22.0. The lowest BCUT2D eigenvalue weighted by molar-refractivity contribution is -0.113. The number of anilines is 1. The molecule has 0 aliphatic rings. The predicted molar refractivity (Wildman–Crippen MR) is 119 cm³/mol. The molecule has 1 heterocycles. The predicted octanol–water partition coefficient (Wildman–Crippen LogP) is 4.66. The molecule has 0 saturated heterocycles. The number of methoxy groups -OCH3 is 1. The normalized spacial score (nSPS) is 11.8. The van der Waals surface area contributed by atoms with Crippen LogP contribution in [0, 0.1) is 6.92 Å². The minimum atomic E-state index is -0.362. The molecule has 3 aromatic rings. The first-order chi connectivity index (χ1) is 14.4. The third-order valence-corrected chi connectivity index (χ3v) is 5.67. The van der Waals surface area contributed by atoms with Crippen LogP contribution in [0.3, 0.4) is 0 Å². The van der Waals surface area contributed by atoms with Gasteiger partial charge in [0, 0.05) is 7.05 Å². The zero-order chi connectivity index (χ0) is 21.7. The molecule has 0 fully saturated rings. The maximum atomic E-state index is 12.3. The summed E-state index contributed by atoms with van der Waals surface area (Å²) in [4.78, 5) is 12.3. The fraction of sp³-hybridized carbons (Fsp3) is 0.286. The Bertz CT molecular complexity index is 1040.